The van der Waals surface area contributed by atoms with Crippen LogP contribution in [0.3, 0.4) is 0 Å². The zero-order chi connectivity index (χ0) is 13.8. The number of rotatable bonds is 5. The van der Waals surface area contributed by atoms with E-state index >= 15 is 0 Å². The normalized spacial score (nSPS) is 10.1. The molecule has 5 nitrogen and oxygen atoms in total. The van der Waals surface area contributed by atoms with Gasteiger partial charge in [0.15, 0.2) is 6.54 Å². The number of hydrogen-bond donors (Lipinski definition) is 1. The van der Waals surface area contributed by atoms with Gasteiger partial charge in [0.2, 0.25) is 0 Å². The average molecular weight is 341 g/mol. The first-order valence-corrected chi connectivity index (χ1v) is 6.22. The van der Waals surface area contributed by atoms with Gasteiger partial charge in [-0.2, -0.15) is 0 Å². The first kappa shape index (κ1) is 16.2. The first-order valence-electron chi connectivity index (χ1n) is 6.22. The molecule has 2 aromatic rings. The lowest BCUT2D eigenvalue weighted by Crippen LogP contribution is -2.41. The maximum Gasteiger partial charge on any atom is 0.356 e. The van der Waals surface area contributed by atoms with Crippen LogP contribution in [0, 0.1) is 0 Å². The van der Waals surface area contributed by atoms with Crippen LogP contribution in [0.1, 0.15) is 6.92 Å². The van der Waals surface area contributed by atoms with Gasteiger partial charge in [-0.25, -0.2) is 13.9 Å². The van der Waals surface area contributed by atoms with Crippen molar-refractivity contribution in [3.8, 4) is 0 Å². The Morgan fingerprint density at radius 3 is 2.85 bits per heavy atom. The van der Waals surface area contributed by atoms with Crippen LogP contribution in [0.5, 0.6) is 0 Å². The molecule has 1 aromatic carbocycles. The number of fused-ring (bicyclic) bond motifs is 1. The summed E-state index contributed by atoms with van der Waals surface area (Å²) in [7, 11) is 0. The lowest BCUT2D eigenvalue weighted by molar-refractivity contribution is -0.646. The van der Waals surface area contributed by atoms with E-state index in [-0.39, 0.29) is 29.5 Å². The number of nitrogen functional groups attached to an aromatic ring is 1. The molecule has 0 aliphatic heterocycles. The minimum Gasteiger partial charge on any atom is -0.464 e. The molecule has 0 saturated carbocycles. The van der Waals surface area contributed by atoms with E-state index in [9.17, 15) is 4.79 Å². The molecule has 20 heavy (non-hydrogen) atoms. The highest BCUT2D eigenvalue weighted by molar-refractivity contribution is 8.93. The zero-order valence-electron chi connectivity index (χ0n) is 11.4. The summed E-state index contributed by atoms with van der Waals surface area (Å²) in [4.78, 5) is 11.6. The molecule has 1 heterocycles. The number of halogens is 1. The predicted octanol–water partition coefficient (Wildman–Crippen LogP) is 1.84. The van der Waals surface area contributed by atoms with E-state index in [0.717, 1.165) is 11.0 Å². The third-order valence-corrected chi connectivity index (χ3v) is 2.92. The van der Waals surface area contributed by atoms with Crippen LogP contribution in [0.25, 0.3) is 11.0 Å². The van der Waals surface area contributed by atoms with E-state index in [0.29, 0.717) is 19.1 Å². The van der Waals surface area contributed by atoms with E-state index in [4.69, 9.17) is 10.5 Å². The molecule has 0 bridgehead atoms. The molecule has 0 atom stereocenters. The molecule has 0 unspecified atom stereocenters. The predicted molar refractivity (Wildman–Crippen MR) is 83.7 cm³/mol. The molecule has 0 aliphatic carbocycles. The van der Waals surface area contributed by atoms with Crippen LogP contribution in [0.4, 0.5) is 5.95 Å². The number of esters is 1. The maximum absolute atomic E-state index is 11.6. The summed E-state index contributed by atoms with van der Waals surface area (Å²) < 4.78 is 8.65. The molecular formula is C14H19BrN3O2+. The van der Waals surface area contributed by atoms with Crippen LogP contribution >= 0.6 is 17.0 Å². The van der Waals surface area contributed by atoms with Gasteiger partial charge in [-0.1, -0.05) is 24.8 Å². The van der Waals surface area contributed by atoms with Crippen molar-refractivity contribution in [2.75, 3.05) is 12.3 Å². The third kappa shape index (κ3) is 3.01. The number of aromatic nitrogens is 2. The molecule has 0 fully saturated rings. The maximum atomic E-state index is 11.6. The molecular weight excluding hydrogens is 322 g/mol. The summed E-state index contributed by atoms with van der Waals surface area (Å²) in [6, 6.07) is 7.76. The number of carbonyl (C=O) groups excluding carboxylic acids is 1. The second-order valence-corrected chi connectivity index (χ2v) is 4.14. The van der Waals surface area contributed by atoms with Gasteiger partial charge < -0.3 is 4.74 Å². The number of ether oxygens (including phenoxy) is 1. The summed E-state index contributed by atoms with van der Waals surface area (Å²) in [5.41, 5.74) is 8.01. The molecule has 6 heteroatoms. The lowest BCUT2D eigenvalue weighted by Gasteiger charge is -2.01. The summed E-state index contributed by atoms with van der Waals surface area (Å²) in [5.74, 6) is 0.231. The van der Waals surface area contributed by atoms with Gasteiger partial charge in [0.05, 0.1) is 13.2 Å². The van der Waals surface area contributed by atoms with Crippen molar-refractivity contribution in [1.82, 2.24) is 4.57 Å². The van der Waals surface area contributed by atoms with Crippen molar-refractivity contribution in [2.24, 2.45) is 0 Å². The number of anilines is 1. The van der Waals surface area contributed by atoms with Gasteiger partial charge in [0.1, 0.15) is 11.0 Å². The van der Waals surface area contributed by atoms with Crippen LogP contribution < -0.4 is 10.3 Å². The number of carbonyl (C=O) groups is 1. The quantitative estimate of drug-likeness (QED) is 0.513. The Labute approximate surface area is 128 Å². The summed E-state index contributed by atoms with van der Waals surface area (Å²) in [6.45, 7) is 6.59. The number of allylic oxidation sites excluding steroid dienone is 1. The Morgan fingerprint density at radius 1 is 1.50 bits per heavy atom. The molecule has 0 amide bonds. The first-order chi connectivity index (χ1) is 9.19. The monoisotopic (exact) mass is 340 g/mol. The summed E-state index contributed by atoms with van der Waals surface area (Å²) >= 11 is 0. The van der Waals surface area contributed by atoms with Crippen molar-refractivity contribution in [3.63, 3.8) is 0 Å². The molecule has 2 N–H and O–H groups in total. The molecule has 108 valence electrons. The highest BCUT2D eigenvalue weighted by Crippen LogP contribution is 2.15. The third-order valence-electron chi connectivity index (χ3n) is 2.92. The van der Waals surface area contributed by atoms with Crippen molar-refractivity contribution < 1.29 is 14.1 Å². The van der Waals surface area contributed by atoms with Crippen LogP contribution in [-0.2, 0) is 22.6 Å². The lowest BCUT2D eigenvalue weighted by atomic mass is 10.3. The van der Waals surface area contributed by atoms with E-state index in [2.05, 4.69) is 6.58 Å². The van der Waals surface area contributed by atoms with E-state index in [1.54, 1.807) is 17.6 Å². The standard InChI is InChI=1S/C14H17N3O2.BrH/c1-3-9-16-11-7-5-6-8-12(11)17(14(16)15)10-13(18)19-4-2;/h3,5-8,15H,1,4,9-10H2,2H3;1H/p+1. The number of benzene rings is 1. The van der Waals surface area contributed by atoms with Gasteiger partial charge >= 0.3 is 11.9 Å². The minimum absolute atomic E-state index is 0. The highest BCUT2D eigenvalue weighted by Gasteiger charge is 2.22. The number of nitrogens with zero attached hydrogens (tertiary/aromatic N) is 2. The SMILES string of the molecule is Br.C=CCn1c(N)[n+](CC(=O)OCC)c2ccccc21. The summed E-state index contributed by atoms with van der Waals surface area (Å²) in [5, 5.41) is 0. The second-order valence-electron chi connectivity index (χ2n) is 4.14. The number of hydrogen-bond acceptors (Lipinski definition) is 3. The van der Waals surface area contributed by atoms with Crippen LogP contribution in [0.2, 0.25) is 0 Å². The number of nitrogens with two attached hydrogens (primary N) is 1. The van der Waals surface area contributed by atoms with Crippen molar-refractivity contribution >= 4 is 39.9 Å². The van der Waals surface area contributed by atoms with Crippen molar-refractivity contribution in [3.05, 3.63) is 36.9 Å². The van der Waals surface area contributed by atoms with Gasteiger partial charge in [-0.15, -0.1) is 17.0 Å². The zero-order valence-corrected chi connectivity index (χ0v) is 13.1. The second kappa shape index (κ2) is 7.09. The topological polar surface area (TPSA) is 61.1 Å². The molecule has 0 saturated heterocycles. The average Bonchev–Trinajstić information content (AvgIpc) is 2.66. The molecule has 2 rings (SSSR count). The highest BCUT2D eigenvalue weighted by atomic mass is 79.9. The van der Waals surface area contributed by atoms with E-state index in [1.165, 1.54) is 0 Å². The largest absolute Gasteiger partial charge is 0.464 e. The van der Waals surface area contributed by atoms with E-state index < -0.39 is 0 Å². The van der Waals surface area contributed by atoms with Gasteiger partial charge in [-0.3, -0.25) is 5.73 Å². The van der Waals surface area contributed by atoms with Crippen molar-refractivity contribution in [1.29, 1.82) is 0 Å². The van der Waals surface area contributed by atoms with E-state index in [1.807, 2.05) is 28.8 Å². The van der Waals surface area contributed by atoms with Crippen LogP contribution in [-0.4, -0.2) is 17.1 Å². The molecule has 0 radical (unpaired) electrons. The fourth-order valence-electron chi connectivity index (χ4n) is 2.14. The Morgan fingerprint density at radius 2 is 2.20 bits per heavy atom. The van der Waals surface area contributed by atoms with Gasteiger partial charge in [-0.05, 0) is 19.1 Å². The number of para-hydroxylation sites is 2. The fraction of sp³-hybridized carbons (Fsp3) is 0.286. The Bertz CT molecular complexity index is 622. The fourth-order valence-corrected chi connectivity index (χ4v) is 2.14. The minimum atomic E-state index is -0.291. The molecule has 1 aromatic heterocycles. The Kier molecular flexibility index (Phi) is 5.76. The Hall–Kier alpha value is -1.82. The molecule has 0 spiro atoms. The smallest absolute Gasteiger partial charge is 0.356 e. The van der Waals surface area contributed by atoms with Gasteiger partial charge in [0, 0.05) is 0 Å². The number of imidazole rings is 1. The Balaban J connectivity index is 0.00000200. The van der Waals surface area contributed by atoms with Crippen LogP contribution in [0.15, 0.2) is 36.9 Å². The van der Waals surface area contributed by atoms with Crippen molar-refractivity contribution in [2.45, 2.75) is 20.0 Å². The molecule has 0 aliphatic rings. The summed E-state index contributed by atoms with van der Waals surface area (Å²) in [6.07, 6.45) is 1.78. The van der Waals surface area contributed by atoms with Gasteiger partial charge in [0.25, 0.3) is 0 Å².